The van der Waals surface area contributed by atoms with Crippen molar-refractivity contribution in [3.8, 4) is 22.4 Å². The molecule has 0 aliphatic heterocycles. The summed E-state index contributed by atoms with van der Waals surface area (Å²) < 4.78 is 3.32. The number of aryl methyl sites for hydroxylation is 2. The average Bonchev–Trinajstić information content (AvgIpc) is 3.21. The van der Waals surface area contributed by atoms with Crippen molar-refractivity contribution in [3.05, 3.63) is 71.5 Å². The molecule has 0 radical (unpaired) electrons. The van der Waals surface area contributed by atoms with Crippen molar-refractivity contribution in [3.63, 3.8) is 0 Å². The van der Waals surface area contributed by atoms with E-state index in [1.807, 2.05) is 36.5 Å². The Kier molecular flexibility index (Phi) is 3.27. The molecular weight excluding hydrogens is 338 g/mol. The van der Waals surface area contributed by atoms with E-state index in [1.54, 1.807) is 35.6 Å². The molecule has 0 aliphatic carbocycles. The summed E-state index contributed by atoms with van der Waals surface area (Å²) in [6.45, 7) is 0. The number of nitrogens with zero attached hydrogens (tertiary/aromatic N) is 4. The summed E-state index contributed by atoms with van der Waals surface area (Å²) in [5, 5.41) is 0.942. The highest BCUT2D eigenvalue weighted by Gasteiger charge is 2.21. The average molecular weight is 355 g/mol. The van der Waals surface area contributed by atoms with Gasteiger partial charge in [0.15, 0.2) is 0 Å². The second-order valence-electron chi connectivity index (χ2n) is 6.60. The van der Waals surface area contributed by atoms with E-state index in [0.717, 1.165) is 44.5 Å². The topological polar surface area (TPSA) is 68.5 Å². The first kappa shape index (κ1) is 15.6. The lowest BCUT2D eigenvalue weighted by Crippen LogP contribution is -2.19. The van der Waals surface area contributed by atoms with E-state index in [2.05, 4.69) is 27.1 Å². The molecular formula is C21H17N5O. The van der Waals surface area contributed by atoms with Crippen molar-refractivity contribution in [1.29, 1.82) is 0 Å². The molecule has 5 rings (SSSR count). The molecule has 6 nitrogen and oxygen atoms in total. The maximum atomic E-state index is 12.5. The Balaban J connectivity index is 2.02. The molecule has 0 aliphatic rings. The Labute approximate surface area is 154 Å². The highest BCUT2D eigenvalue weighted by Crippen LogP contribution is 2.40. The van der Waals surface area contributed by atoms with Gasteiger partial charge in [-0.2, -0.15) is 0 Å². The second kappa shape index (κ2) is 5.67. The third-order valence-electron chi connectivity index (χ3n) is 5.06. The molecule has 0 fully saturated rings. The first-order valence-corrected chi connectivity index (χ1v) is 8.68. The van der Waals surface area contributed by atoms with Crippen LogP contribution >= 0.6 is 0 Å². The van der Waals surface area contributed by atoms with Crippen LogP contribution in [0.15, 0.2) is 65.8 Å². The number of nitrogens with one attached hydrogen (secondary N) is 1. The Hall–Kier alpha value is -3.67. The van der Waals surface area contributed by atoms with Gasteiger partial charge in [-0.3, -0.25) is 14.1 Å². The number of benzene rings is 1. The molecule has 6 heteroatoms. The highest BCUT2D eigenvalue weighted by atomic mass is 16.1. The first-order valence-electron chi connectivity index (χ1n) is 8.68. The van der Waals surface area contributed by atoms with Crippen LogP contribution in [0.1, 0.15) is 0 Å². The van der Waals surface area contributed by atoms with Gasteiger partial charge in [0.25, 0.3) is 0 Å². The molecule has 0 bridgehead atoms. The first-order chi connectivity index (χ1) is 13.2. The SMILES string of the molecule is Cn1c(=O)n(C)c2c3c(-c4ccccc4)c(-c4cccnc4)[nH]c3ncc21. The standard InChI is InChI=1S/C21H17N5O/c1-25-15-12-23-20-17(19(15)26(2)21(25)27)16(13-7-4-3-5-8-13)18(24-20)14-9-6-10-22-11-14/h3-12H,1-2H3,(H,23,24). The van der Waals surface area contributed by atoms with Crippen molar-refractivity contribution in [2.45, 2.75) is 0 Å². The van der Waals surface area contributed by atoms with Crippen molar-refractivity contribution in [2.24, 2.45) is 14.1 Å². The molecule has 27 heavy (non-hydrogen) atoms. The molecule has 1 N–H and O–H groups in total. The number of hydrogen-bond donors (Lipinski definition) is 1. The van der Waals surface area contributed by atoms with Gasteiger partial charge in [-0.05, 0) is 17.7 Å². The lowest BCUT2D eigenvalue weighted by molar-refractivity contribution is 0.795. The molecule has 0 atom stereocenters. The molecule has 0 saturated heterocycles. The quantitative estimate of drug-likeness (QED) is 0.527. The van der Waals surface area contributed by atoms with Gasteiger partial charge in [-0.1, -0.05) is 30.3 Å². The second-order valence-corrected chi connectivity index (χ2v) is 6.60. The van der Waals surface area contributed by atoms with Gasteiger partial charge in [-0.15, -0.1) is 0 Å². The highest BCUT2D eigenvalue weighted by molar-refractivity contribution is 6.14. The number of pyridine rings is 2. The minimum Gasteiger partial charge on any atom is -0.339 e. The smallest absolute Gasteiger partial charge is 0.328 e. The number of aromatic nitrogens is 5. The van der Waals surface area contributed by atoms with E-state index in [4.69, 9.17) is 0 Å². The zero-order chi connectivity index (χ0) is 18.5. The van der Waals surface area contributed by atoms with Crippen LogP contribution in [0, 0.1) is 0 Å². The van der Waals surface area contributed by atoms with Crippen LogP contribution in [0.5, 0.6) is 0 Å². The van der Waals surface area contributed by atoms with Crippen molar-refractivity contribution >= 4 is 22.1 Å². The fraction of sp³-hybridized carbons (Fsp3) is 0.0952. The van der Waals surface area contributed by atoms with Gasteiger partial charge >= 0.3 is 5.69 Å². The van der Waals surface area contributed by atoms with E-state index >= 15 is 0 Å². The molecule has 4 aromatic heterocycles. The van der Waals surface area contributed by atoms with Gasteiger partial charge in [0, 0.05) is 37.6 Å². The predicted molar refractivity (Wildman–Crippen MR) is 106 cm³/mol. The third-order valence-corrected chi connectivity index (χ3v) is 5.06. The summed E-state index contributed by atoms with van der Waals surface area (Å²) in [5.74, 6) is 0. The maximum absolute atomic E-state index is 12.5. The van der Waals surface area contributed by atoms with Crippen LogP contribution in [0.3, 0.4) is 0 Å². The zero-order valence-corrected chi connectivity index (χ0v) is 15.0. The molecule has 1 aromatic carbocycles. The fourth-order valence-electron chi connectivity index (χ4n) is 3.76. The molecule has 0 spiro atoms. The normalized spacial score (nSPS) is 11.5. The summed E-state index contributed by atoms with van der Waals surface area (Å²) in [5.41, 5.74) is 6.38. The Morgan fingerprint density at radius 2 is 1.70 bits per heavy atom. The van der Waals surface area contributed by atoms with E-state index < -0.39 is 0 Å². The summed E-state index contributed by atoms with van der Waals surface area (Å²) in [4.78, 5) is 24.9. The van der Waals surface area contributed by atoms with Gasteiger partial charge in [0.2, 0.25) is 0 Å². The molecule has 5 aromatic rings. The molecule has 0 unspecified atom stereocenters. The number of imidazole rings is 1. The van der Waals surface area contributed by atoms with Gasteiger partial charge in [0.1, 0.15) is 5.65 Å². The fourth-order valence-corrected chi connectivity index (χ4v) is 3.76. The van der Waals surface area contributed by atoms with Gasteiger partial charge in [-0.25, -0.2) is 9.78 Å². The number of fused-ring (bicyclic) bond motifs is 3. The van der Waals surface area contributed by atoms with Crippen LogP contribution in [0.4, 0.5) is 0 Å². The van der Waals surface area contributed by atoms with E-state index in [0.29, 0.717) is 0 Å². The number of hydrogen-bond acceptors (Lipinski definition) is 3. The van der Waals surface area contributed by atoms with Crippen molar-refractivity contribution in [1.82, 2.24) is 24.1 Å². The summed E-state index contributed by atoms with van der Waals surface area (Å²) >= 11 is 0. The van der Waals surface area contributed by atoms with E-state index in [9.17, 15) is 4.79 Å². The summed E-state index contributed by atoms with van der Waals surface area (Å²) in [6.07, 6.45) is 5.33. The van der Waals surface area contributed by atoms with E-state index in [1.165, 1.54) is 0 Å². The number of H-pyrrole nitrogens is 1. The monoisotopic (exact) mass is 355 g/mol. The molecule has 4 heterocycles. The van der Waals surface area contributed by atoms with Crippen LogP contribution in [0.2, 0.25) is 0 Å². The predicted octanol–water partition coefficient (Wildman–Crippen LogP) is 3.48. The number of rotatable bonds is 2. The molecule has 0 saturated carbocycles. The van der Waals surface area contributed by atoms with Crippen molar-refractivity contribution in [2.75, 3.05) is 0 Å². The number of aromatic amines is 1. The minimum atomic E-state index is -0.0672. The summed E-state index contributed by atoms with van der Waals surface area (Å²) in [7, 11) is 3.57. The van der Waals surface area contributed by atoms with Crippen LogP contribution < -0.4 is 5.69 Å². The lowest BCUT2D eigenvalue weighted by atomic mass is 9.99. The molecule has 132 valence electrons. The van der Waals surface area contributed by atoms with E-state index in [-0.39, 0.29) is 5.69 Å². The minimum absolute atomic E-state index is 0.0672. The summed E-state index contributed by atoms with van der Waals surface area (Å²) in [6, 6.07) is 14.1. The zero-order valence-electron chi connectivity index (χ0n) is 15.0. The largest absolute Gasteiger partial charge is 0.339 e. The molecule has 0 amide bonds. The Morgan fingerprint density at radius 3 is 2.44 bits per heavy atom. The maximum Gasteiger partial charge on any atom is 0.328 e. The van der Waals surface area contributed by atoms with Crippen molar-refractivity contribution < 1.29 is 0 Å². The Bertz CT molecular complexity index is 1340. The van der Waals surface area contributed by atoms with Gasteiger partial charge in [0.05, 0.1) is 28.3 Å². The Morgan fingerprint density at radius 1 is 0.926 bits per heavy atom. The van der Waals surface area contributed by atoms with Crippen LogP contribution in [-0.2, 0) is 14.1 Å². The lowest BCUT2D eigenvalue weighted by Gasteiger charge is -2.06. The van der Waals surface area contributed by atoms with Gasteiger partial charge < -0.3 is 4.98 Å². The van der Waals surface area contributed by atoms with Crippen LogP contribution in [-0.4, -0.2) is 24.1 Å². The third kappa shape index (κ3) is 2.16. The van der Waals surface area contributed by atoms with Crippen LogP contribution in [0.25, 0.3) is 44.5 Å².